The fourth-order valence-corrected chi connectivity index (χ4v) is 1.47. The number of methoxy groups -OCH3 is 1. The zero-order valence-corrected chi connectivity index (χ0v) is 9.46. The lowest BCUT2D eigenvalue weighted by molar-refractivity contribution is -0.141. The van der Waals surface area contributed by atoms with Crippen molar-refractivity contribution >= 4 is 11.7 Å². The number of ether oxygens (including phenoxy) is 1. The molecule has 0 aliphatic carbocycles. The average Bonchev–Trinajstić information content (AvgIpc) is 2.78. The first-order chi connectivity index (χ1) is 8.19. The Morgan fingerprint density at radius 2 is 2.06 bits per heavy atom. The Bertz CT molecular complexity index is 517. The Morgan fingerprint density at radius 1 is 1.35 bits per heavy atom. The lowest BCUT2D eigenvalue weighted by Crippen LogP contribution is -2.11. The highest BCUT2D eigenvalue weighted by Gasteiger charge is 2.05. The van der Waals surface area contributed by atoms with E-state index >= 15 is 0 Å². The van der Waals surface area contributed by atoms with Gasteiger partial charge in [0.25, 0.3) is 0 Å². The summed E-state index contributed by atoms with van der Waals surface area (Å²) in [6.45, 7) is 0.117. The first-order valence-corrected chi connectivity index (χ1v) is 5.14. The van der Waals surface area contributed by atoms with Crippen molar-refractivity contribution in [2.75, 3.05) is 12.8 Å². The van der Waals surface area contributed by atoms with Crippen molar-refractivity contribution in [1.29, 1.82) is 0 Å². The zero-order valence-electron chi connectivity index (χ0n) is 9.46. The summed E-state index contributed by atoms with van der Waals surface area (Å²) in [5.41, 5.74) is 8.28. The van der Waals surface area contributed by atoms with E-state index in [-0.39, 0.29) is 12.5 Å². The van der Waals surface area contributed by atoms with Crippen LogP contribution in [0.3, 0.4) is 0 Å². The van der Waals surface area contributed by atoms with Crippen LogP contribution in [0, 0.1) is 0 Å². The summed E-state index contributed by atoms with van der Waals surface area (Å²) in [6, 6.07) is 7.48. The van der Waals surface area contributed by atoms with Crippen LogP contribution in [0.1, 0.15) is 0 Å². The smallest absolute Gasteiger partial charge is 0.327 e. The summed E-state index contributed by atoms with van der Waals surface area (Å²) in [5, 5.41) is 4.09. The Morgan fingerprint density at radius 3 is 2.71 bits per heavy atom. The number of nitrogens with two attached hydrogens (primary N) is 1. The number of nitrogens with zero attached hydrogens (tertiary/aromatic N) is 2. The molecule has 0 amide bonds. The summed E-state index contributed by atoms with van der Waals surface area (Å²) in [6.07, 6.45) is 3.50. The van der Waals surface area contributed by atoms with Crippen LogP contribution in [0.2, 0.25) is 0 Å². The van der Waals surface area contributed by atoms with Gasteiger partial charge in [-0.25, -0.2) is 0 Å². The molecule has 17 heavy (non-hydrogen) atoms. The monoisotopic (exact) mass is 231 g/mol. The van der Waals surface area contributed by atoms with Crippen molar-refractivity contribution in [3.8, 4) is 11.1 Å². The average molecular weight is 231 g/mol. The number of aromatic nitrogens is 2. The van der Waals surface area contributed by atoms with Crippen LogP contribution in [-0.4, -0.2) is 22.9 Å². The fraction of sp³-hybridized carbons (Fsp3) is 0.167. The third-order valence-corrected chi connectivity index (χ3v) is 2.40. The van der Waals surface area contributed by atoms with Crippen LogP contribution in [-0.2, 0) is 16.1 Å². The Balaban J connectivity index is 2.18. The highest BCUT2D eigenvalue weighted by atomic mass is 16.5. The Labute approximate surface area is 98.8 Å². The van der Waals surface area contributed by atoms with Gasteiger partial charge in [-0.1, -0.05) is 12.1 Å². The molecule has 2 aromatic rings. The van der Waals surface area contributed by atoms with Crippen LogP contribution in [0.5, 0.6) is 0 Å². The molecule has 0 saturated carbocycles. The highest BCUT2D eigenvalue weighted by Crippen LogP contribution is 2.19. The minimum absolute atomic E-state index is 0.117. The second kappa shape index (κ2) is 4.69. The molecule has 1 heterocycles. The summed E-state index contributed by atoms with van der Waals surface area (Å²) in [4.78, 5) is 11.1. The molecule has 0 unspecified atom stereocenters. The normalized spacial score (nSPS) is 10.2. The molecule has 0 spiro atoms. The second-order valence-corrected chi connectivity index (χ2v) is 3.62. The predicted molar refractivity (Wildman–Crippen MR) is 64.1 cm³/mol. The lowest BCUT2D eigenvalue weighted by Gasteiger charge is -1.99. The number of carbonyl (C=O) groups excluding carboxylic acids is 1. The first-order valence-electron chi connectivity index (χ1n) is 5.14. The van der Waals surface area contributed by atoms with E-state index in [0.29, 0.717) is 0 Å². The molecule has 0 saturated heterocycles. The molecule has 88 valence electrons. The molecule has 1 aromatic heterocycles. The van der Waals surface area contributed by atoms with Crippen molar-refractivity contribution in [1.82, 2.24) is 9.78 Å². The summed E-state index contributed by atoms with van der Waals surface area (Å²) >= 11 is 0. The Hall–Kier alpha value is -2.30. The lowest BCUT2D eigenvalue weighted by atomic mass is 10.1. The van der Waals surface area contributed by atoms with Gasteiger partial charge < -0.3 is 10.5 Å². The van der Waals surface area contributed by atoms with E-state index in [1.165, 1.54) is 11.8 Å². The number of benzene rings is 1. The van der Waals surface area contributed by atoms with E-state index in [2.05, 4.69) is 9.84 Å². The molecule has 5 heteroatoms. The molecule has 5 nitrogen and oxygen atoms in total. The van der Waals surface area contributed by atoms with E-state index in [0.717, 1.165) is 16.8 Å². The van der Waals surface area contributed by atoms with Crippen LogP contribution in [0.25, 0.3) is 11.1 Å². The maximum atomic E-state index is 11.1. The minimum atomic E-state index is -0.322. The molecule has 0 atom stereocenters. The third-order valence-electron chi connectivity index (χ3n) is 2.40. The topological polar surface area (TPSA) is 70.1 Å². The zero-order chi connectivity index (χ0) is 12.3. The molecule has 1 aromatic carbocycles. The van der Waals surface area contributed by atoms with E-state index in [9.17, 15) is 4.79 Å². The SMILES string of the molecule is COC(=O)Cn1cc(-c2ccc(N)cc2)cn1. The van der Waals surface area contributed by atoms with Crippen molar-refractivity contribution < 1.29 is 9.53 Å². The van der Waals surface area contributed by atoms with Crippen LogP contribution < -0.4 is 5.73 Å². The molecule has 2 N–H and O–H groups in total. The number of rotatable bonds is 3. The molecule has 0 aliphatic heterocycles. The molecule has 0 fully saturated rings. The van der Waals surface area contributed by atoms with Gasteiger partial charge in [0.05, 0.1) is 13.3 Å². The molecule has 0 bridgehead atoms. The van der Waals surface area contributed by atoms with Gasteiger partial charge in [-0.05, 0) is 17.7 Å². The summed E-state index contributed by atoms with van der Waals surface area (Å²) in [7, 11) is 1.35. The number of esters is 1. The summed E-state index contributed by atoms with van der Waals surface area (Å²) < 4.78 is 6.11. The number of anilines is 1. The van der Waals surface area contributed by atoms with Gasteiger partial charge in [-0.15, -0.1) is 0 Å². The number of hydrogen-bond donors (Lipinski definition) is 1. The van der Waals surface area contributed by atoms with Crippen molar-refractivity contribution in [3.63, 3.8) is 0 Å². The van der Waals surface area contributed by atoms with Crippen molar-refractivity contribution in [2.24, 2.45) is 0 Å². The quantitative estimate of drug-likeness (QED) is 0.638. The van der Waals surface area contributed by atoms with Gasteiger partial charge in [0, 0.05) is 17.4 Å². The Kier molecular flexibility index (Phi) is 3.09. The van der Waals surface area contributed by atoms with E-state index in [4.69, 9.17) is 5.73 Å². The molecule has 2 rings (SSSR count). The number of hydrogen-bond acceptors (Lipinski definition) is 4. The minimum Gasteiger partial charge on any atom is -0.468 e. The van der Waals surface area contributed by atoms with Gasteiger partial charge in [0.15, 0.2) is 0 Å². The largest absolute Gasteiger partial charge is 0.468 e. The van der Waals surface area contributed by atoms with E-state index < -0.39 is 0 Å². The van der Waals surface area contributed by atoms with Gasteiger partial charge in [-0.2, -0.15) is 5.10 Å². The number of carbonyl (C=O) groups is 1. The summed E-state index contributed by atoms with van der Waals surface area (Å²) in [5.74, 6) is -0.322. The maximum Gasteiger partial charge on any atom is 0.327 e. The first kappa shape index (κ1) is 11.2. The molecule has 0 aliphatic rings. The molecule has 0 radical (unpaired) electrons. The standard InChI is InChI=1S/C12H13N3O2/c1-17-12(16)8-15-7-10(6-14-15)9-2-4-11(13)5-3-9/h2-7H,8,13H2,1H3. The van der Waals surface area contributed by atoms with Crippen molar-refractivity contribution in [3.05, 3.63) is 36.7 Å². The van der Waals surface area contributed by atoms with Crippen LogP contribution in [0.4, 0.5) is 5.69 Å². The third kappa shape index (κ3) is 2.63. The predicted octanol–water partition coefficient (Wildman–Crippen LogP) is 1.31. The fourth-order valence-electron chi connectivity index (χ4n) is 1.47. The second-order valence-electron chi connectivity index (χ2n) is 3.62. The van der Waals surface area contributed by atoms with Gasteiger partial charge in [-0.3, -0.25) is 9.48 Å². The maximum absolute atomic E-state index is 11.1. The van der Waals surface area contributed by atoms with E-state index in [1.54, 1.807) is 12.4 Å². The van der Waals surface area contributed by atoms with Crippen molar-refractivity contribution in [2.45, 2.75) is 6.54 Å². The molecular formula is C12H13N3O2. The molecular weight excluding hydrogens is 218 g/mol. The number of nitrogen functional groups attached to an aromatic ring is 1. The van der Waals surface area contributed by atoms with Gasteiger partial charge in [0.1, 0.15) is 6.54 Å². The van der Waals surface area contributed by atoms with E-state index in [1.807, 2.05) is 24.3 Å². The van der Waals surface area contributed by atoms with Gasteiger partial charge in [0.2, 0.25) is 0 Å². The van der Waals surface area contributed by atoms with Gasteiger partial charge >= 0.3 is 5.97 Å². The highest BCUT2D eigenvalue weighted by molar-refractivity contribution is 5.69. The van der Waals surface area contributed by atoms with Crippen LogP contribution >= 0.6 is 0 Å². The van der Waals surface area contributed by atoms with Crippen LogP contribution in [0.15, 0.2) is 36.7 Å².